The molecule has 3 rings (SSSR count). The van der Waals surface area contributed by atoms with Gasteiger partial charge in [0.2, 0.25) is 0 Å². The summed E-state index contributed by atoms with van der Waals surface area (Å²) in [7, 11) is -0.458. The molecule has 7 heteroatoms. The summed E-state index contributed by atoms with van der Waals surface area (Å²) >= 11 is 6.43. The predicted octanol–water partition coefficient (Wildman–Crippen LogP) is 6.31. The molecule has 2 aromatic rings. The van der Waals surface area contributed by atoms with Crippen LogP contribution in [0.15, 0.2) is 50.6 Å². The largest absolute Gasteiger partial charge is 0.457 e. The topological polar surface area (TPSA) is 54.3 Å². The molecule has 0 spiro atoms. The van der Waals surface area contributed by atoms with Gasteiger partial charge in [-0.1, -0.05) is 17.7 Å². The maximum absolute atomic E-state index is 13.5. The lowest BCUT2D eigenvalue weighted by Gasteiger charge is -2.14. The van der Waals surface area contributed by atoms with Crippen LogP contribution in [0.25, 0.3) is 0 Å². The minimum absolute atomic E-state index is 0.519. The molecular formula is C23H30ClN3O2S. The second-order valence-corrected chi connectivity index (χ2v) is 10.4. The van der Waals surface area contributed by atoms with Crippen LogP contribution in [0.1, 0.15) is 32.3 Å². The highest BCUT2D eigenvalue weighted by molar-refractivity contribution is 7.93. The van der Waals surface area contributed by atoms with E-state index in [0.29, 0.717) is 40.4 Å². The molecule has 1 fully saturated rings. The third-order valence-electron chi connectivity index (χ3n) is 5.03. The normalized spacial score (nSPS) is 15.8. The van der Waals surface area contributed by atoms with E-state index in [0.717, 1.165) is 29.8 Å². The highest BCUT2D eigenvalue weighted by atomic mass is 35.5. The highest BCUT2D eigenvalue weighted by Gasteiger charge is 2.28. The third kappa shape index (κ3) is 5.76. The Bertz CT molecular complexity index is 1040. The lowest BCUT2D eigenvalue weighted by atomic mass is 10.2. The van der Waals surface area contributed by atoms with Gasteiger partial charge in [-0.2, -0.15) is 0 Å². The molecule has 162 valence electrons. The predicted molar refractivity (Wildman–Crippen MR) is 126 cm³/mol. The Hall–Kier alpha value is -2.05. The zero-order valence-electron chi connectivity index (χ0n) is 18.1. The lowest BCUT2D eigenvalue weighted by Crippen LogP contribution is -2.14. The van der Waals surface area contributed by atoms with Crippen molar-refractivity contribution in [2.75, 3.05) is 25.9 Å². The minimum Gasteiger partial charge on any atom is -0.457 e. The quantitative estimate of drug-likeness (QED) is 0.334. The second-order valence-electron chi connectivity index (χ2n) is 7.66. The number of hydrogen-bond acceptors (Lipinski definition) is 4. The number of benzene rings is 2. The maximum atomic E-state index is 13.5. The molecule has 0 saturated heterocycles. The van der Waals surface area contributed by atoms with Gasteiger partial charge in [-0.05, 0) is 69.4 Å². The van der Waals surface area contributed by atoms with E-state index in [1.165, 1.54) is 0 Å². The van der Waals surface area contributed by atoms with E-state index in [-0.39, 0.29) is 0 Å². The van der Waals surface area contributed by atoms with Crippen molar-refractivity contribution in [1.82, 2.24) is 4.90 Å². The van der Waals surface area contributed by atoms with Crippen LogP contribution in [0, 0.1) is 12.8 Å². The highest BCUT2D eigenvalue weighted by Crippen LogP contribution is 2.37. The smallest absolute Gasteiger partial charge is 0.131 e. The van der Waals surface area contributed by atoms with Crippen molar-refractivity contribution in [2.24, 2.45) is 15.3 Å². The van der Waals surface area contributed by atoms with E-state index < -0.39 is 9.73 Å². The van der Waals surface area contributed by atoms with Gasteiger partial charge in [-0.3, -0.25) is 0 Å². The van der Waals surface area contributed by atoms with E-state index in [1.807, 2.05) is 56.1 Å². The molecule has 1 aliphatic carbocycles. The molecule has 1 atom stereocenters. The van der Waals surface area contributed by atoms with Crippen molar-refractivity contribution in [3.63, 3.8) is 0 Å². The minimum atomic E-state index is -2.42. The van der Waals surface area contributed by atoms with Crippen molar-refractivity contribution >= 4 is 33.4 Å². The van der Waals surface area contributed by atoms with Gasteiger partial charge in [0.1, 0.15) is 11.5 Å². The van der Waals surface area contributed by atoms with Gasteiger partial charge in [0.05, 0.1) is 31.7 Å². The standard InChI is InChI=1S/C23H30ClN3O2S/c1-5-26-30(28,15-18-10-11-18)20-9-7-8-19(13-20)29-23-14-21(24)22(12-17(23)3)25-16-27(4)6-2/h7-9,12-14,16,18H,5-6,10-11,15H2,1-4H3. The first-order valence-corrected chi connectivity index (χ1v) is 12.4. The van der Waals surface area contributed by atoms with Gasteiger partial charge >= 0.3 is 0 Å². The van der Waals surface area contributed by atoms with Gasteiger partial charge < -0.3 is 9.64 Å². The molecule has 1 saturated carbocycles. The average Bonchev–Trinajstić information content (AvgIpc) is 3.53. The molecule has 0 aromatic heterocycles. The van der Waals surface area contributed by atoms with Crippen LogP contribution in [-0.4, -0.2) is 41.3 Å². The fraction of sp³-hybridized carbons (Fsp3) is 0.435. The van der Waals surface area contributed by atoms with Crippen LogP contribution in [0.5, 0.6) is 11.5 Å². The van der Waals surface area contributed by atoms with E-state index in [1.54, 1.807) is 12.4 Å². The van der Waals surface area contributed by atoms with Gasteiger partial charge in [-0.25, -0.2) is 13.6 Å². The summed E-state index contributed by atoms with van der Waals surface area (Å²) in [6.07, 6.45) is 4.05. The summed E-state index contributed by atoms with van der Waals surface area (Å²) in [4.78, 5) is 7.16. The summed E-state index contributed by atoms with van der Waals surface area (Å²) in [5.41, 5.74) is 1.62. The monoisotopic (exact) mass is 447 g/mol. The van der Waals surface area contributed by atoms with E-state index in [9.17, 15) is 4.21 Å². The first kappa shape index (κ1) is 22.6. The molecule has 0 radical (unpaired) electrons. The first-order chi connectivity index (χ1) is 14.3. The van der Waals surface area contributed by atoms with Crippen molar-refractivity contribution in [1.29, 1.82) is 0 Å². The van der Waals surface area contributed by atoms with Gasteiger partial charge in [-0.15, -0.1) is 0 Å². The Morgan fingerprint density at radius 3 is 2.70 bits per heavy atom. The van der Waals surface area contributed by atoms with E-state index in [2.05, 4.69) is 16.3 Å². The maximum Gasteiger partial charge on any atom is 0.131 e. The fourth-order valence-electron chi connectivity index (χ4n) is 3.00. The first-order valence-electron chi connectivity index (χ1n) is 10.4. The Balaban J connectivity index is 1.85. The molecule has 0 bridgehead atoms. The zero-order valence-corrected chi connectivity index (χ0v) is 19.7. The molecular weight excluding hydrogens is 418 g/mol. The van der Waals surface area contributed by atoms with Crippen molar-refractivity contribution in [3.05, 3.63) is 47.0 Å². The fourth-order valence-corrected chi connectivity index (χ4v) is 5.63. The molecule has 1 aliphatic rings. The summed E-state index contributed by atoms with van der Waals surface area (Å²) in [5, 5.41) is 0.519. The summed E-state index contributed by atoms with van der Waals surface area (Å²) in [5.74, 6) is 2.44. The van der Waals surface area contributed by atoms with Crippen molar-refractivity contribution in [3.8, 4) is 11.5 Å². The number of hydrogen-bond donors (Lipinski definition) is 0. The molecule has 2 aromatic carbocycles. The molecule has 5 nitrogen and oxygen atoms in total. The third-order valence-corrected chi connectivity index (χ3v) is 7.93. The average molecular weight is 448 g/mol. The van der Waals surface area contributed by atoms with Crippen LogP contribution in [0.4, 0.5) is 5.69 Å². The Morgan fingerprint density at radius 2 is 2.03 bits per heavy atom. The SMILES string of the molecule is CCN=S(=O)(CC1CC1)c1cccc(Oc2cc(Cl)c(N=CN(C)CC)cc2C)c1. The Kier molecular flexibility index (Phi) is 7.42. The number of nitrogens with zero attached hydrogens (tertiary/aromatic N) is 3. The lowest BCUT2D eigenvalue weighted by molar-refractivity contribution is 0.477. The van der Waals surface area contributed by atoms with Gasteiger partial charge in [0.25, 0.3) is 0 Å². The van der Waals surface area contributed by atoms with Crippen LogP contribution < -0.4 is 4.74 Å². The second kappa shape index (κ2) is 9.84. The summed E-state index contributed by atoms with van der Waals surface area (Å²) in [6.45, 7) is 7.36. The van der Waals surface area contributed by atoms with Crippen molar-refractivity contribution < 1.29 is 8.95 Å². The number of halogens is 1. The molecule has 0 amide bonds. The van der Waals surface area contributed by atoms with Crippen LogP contribution in [0.3, 0.4) is 0 Å². The number of aryl methyl sites for hydroxylation is 1. The Morgan fingerprint density at radius 1 is 1.27 bits per heavy atom. The van der Waals surface area contributed by atoms with Crippen LogP contribution in [-0.2, 0) is 9.73 Å². The van der Waals surface area contributed by atoms with Gasteiger partial charge in [0.15, 0.2) is 0 Å². The molecule has 1 unspecified atom stereocenters. The van der Waals surface area contributed by atoms with Crippen molar-refractivity contribution in [2.45, 2.75) is 38.5 Å². The molecule has 30 heavy (non-hydrogen) atoms. The number of ether oxygens (including phenoxy) is 1. The summed E-state index contributed by atoms with van der Waals surface area (Å²) in [6, 6.07) is 11.2. The molecule has 0 N–H and O–H groups in total. The van der Waals surface area contributed by atoms with E-state index in [4.69, 9.17) is 16.3 Å². The van der Waals surface area contributed by atoms with E-state index >= 15 is 0 Å². The molecule has 0 heterocycles. The number of rotatable bonds is 9. The number of aliphatic imine (C=N–C) groups is 1. The summed E-state index contributed by atoms with van der Waals surface area (Å²) < 4.78 is 24.1. The Labute approximate surface area is 185 Å². The van der Waals surface area contributed by atoms with Gasteiger partial charge in [0, 0.05) is 32.0 Å². The zero-order chi connectivity index (χ0) is 21.7. The van der Waals surface area contributed by atoms with Crippen LogP contribution in [0.2, 0.25) is 5.02 Å². The van der Waals surface area contributed by atoms with Crippen LogP contribution >= 0.6 is 11.6 Å². The molecule has 0 aliphatic heterocycles.